The van der Waals surface area contributed by atoms with Crippen molar-refractivity contribution in [3.63, 3.8) is 0 Å². The first-order valence-electron chi connectivity index (χ1n) is 4.87. The Hall–Kier alpha value is -0.960. The summed E-state index contributed by atoms with van der Waals surface area (Å²) in [7, 11) is 0. The van der Waals surface area contributed by atoms with E-state index in [4.69, 9.17) is 0 Å². The summed E-state index contributed by atoms with van der Waals surface area (Å²) in [4.78, 5) is 4.10. The van der Waals surface area contributed by atoms with Gasteiger partial charge in [0.2, 0.25) is 0 Å². The van der Waals surface area contributed by atoms with Gasteiger partial charge in [0.25, 0.3) is 0 Å². The Bertz CT molecular complexity index is 358. The van der Waals surface area contributed by atoms with E-state index in [2.05, 4.69) is 4.98 Å². The zero-order valence-corrected chi connectivity index (χ0v) is 8.42. The molecule has 1 N–H and O–H groups in total. The zero-order valence-electron chi connectivity index (χ0n) is 8.42. The van der Waals surface area contributed by atoms with Crippen LogP contribution in [0.25, 0.3) is 0 Å². The molecule has 0 bridgehead atoms. The highest BCUT2D eigenvalue weighted by Crippen LogP contribution is 2.47. The van der Waals surface area contributed by atoms with Crippen LogP contribution in [0.2, 0.25) is 0 Å². The molecule has 0 radical (unpaired) electrons. The second kappa shape index (κ2) is 3.02. The summed E-state index contributed by atoms with van der Waals surface area (Å²) >= 11 is 0. The van der Waals surface area contributed by atoms with Gasteiger partial charge in [-0.2, -0.15) is 0 Å². The van der Waals surface area contributed by atoms with E-state index >= 15 is 0 Å². The van der Waals surface area contributed by atoms with Crippen LogP contribution in [0.5, 0.6) is 0 Å². The molecule has 2 nitrogen and oxygen atoms in total. The first-order valence-corrected chi connectivity index (χ1v) is 4.87. The predicted octanol–water partition coefficient (Wildman–Crippen LogP) is 2.33. The van der Waals surface area contributed by atoms with E-state index < -0.39 is 6.10 Å². The number of aliphatic hydroxyl groups is 1. The van der Waals surface area contributed by atoms with Crippen LogP contribution in [0, 0.1) is 5.82 Å². The van der Waals surface area contributed by atoms with Crippen molar-refractivity contribution in [3.05, 3.63) is 29.3 Å². The average molecular weight is 195 g/mol. The van der Waals surface area contributed by atoms with E-state index in [0.29, 0.717) is 11.3 Å². The molecule has 0 amide bonds. The van der Waals surface area contributed by atoms with Crippen LogP contribution in [0.1, 0.15) is 44.1 Å². The molecular formula is C11H14FNO. The van der Waals surface area contributed by atoms with Crippen molar-refractivity contribution in [3.8, 4) is 0 Å². The van der Waals surface area contributed by atoms with Gasteiger partial charge in [-0.25, -0.2) is 4.39 Å². The van der Waals surface area contributed by atoms with Gasteiger partial charge < -0.3 is 5.11 Å². The van der Waals surface area contributed by atoms with Crippen molar-refractivity contribution >= 4 is 0 Å². The molecule has 1 heterocycles. The lowest BCUT2D eigenvalue weighted by molar-refractivity contribution is 0.198. The van der Waals surface area contributed by atoms with Gasteiger partial charge in [-0.1, -0.05) is 6.92 Å². The average Bonchev–Trinajstić information content (AvgIpc) is 2.84. The van der Waals surface area contributed by atoms with E-state index in [1.54, 1.807) is 13.1 Å². The lowest BCUT2D eigenvalue weighted by Crippen LogP contribution is -2.08. The second-order valence-electron chi connectivity index (χ2n) is 4.34. The second-order valence-corrected chi connectivity index (χ2v) is 4.34. The number of hydrogen-bond acceptors (Lipinski definition) is 2. The summed E-state index contributed by atoms with van der Waals surface area (Å²) < 4.78 is 13.6. The summed E-state index contributed by atoms with van der Waals surface area (Å²) in [6.45, 7) is 3.62. The Morgan fingerprint density at radius 3 is 2.64 bits per heavy atom. The van der Waals surface area contributed by atoms with Crippen molar-refractivity contribution in [1.29, 1.82) is 0 Å². The largest absolute Gasteiger partial charge is 0.389 e. The molecule has 14 heavy (non-hydrogen) atoms. The number of hydrogen-bond donors (Lipinski definition) is 1. The van der Waals surface area contributed by atoms with Gasteiger partial charge in [0, 0.05) is 17.2 Å². The number of pyridine rings is 1. The molecule has 0 saturated heterocycles. The SMILES string of the molecule is CC(O)c1cnc(C2(C)CC2)c(F)c1. The van der Waals surface area contributed by atoms with E-state index in [1.165, 1.54) is 6.07 Å². The Morgan fingerprint density at radius 2 is 2.21 bits per heavy atom. The van der Waals surface area contributed by atoms with E-state index in [0.717, 1.165) is 12.8 Å². The Kier molecular flexibility index (Phi) is 2.07. The summed E-state index contributed by atoms with van der Waals surface area (Å²) in [5, 5.41) is 9.25. The molecule has 0 aliphatic heterocycles. The van der Waals surface area contributed by atoms with Gasteiger partial charge in [0.15, 0.2) is 0 Å². The number of rotatable bonds is 2. The molecule has 0 aromatic carbocycles. The Morgan fingerprint density at radius 1 is 1.57 bits per heavy atom. The van der Waals surface area contributed by atoms with Crippen LogP contribution in [0.3, 0.4) is 0 Å². The van der Waals surface area contributed by atoms with Crippen LogP contribution in [0.4, 0.5) is 4.39 Å². The van der Waals surface area contributed by atoms with Gasteiger partial charge in [-0.15, -0.1) is 0 Å². The fourth-order valence-corrected chi connectivity index (χ4v) is 1.55. The maximum absolute atomic E-state index is 13.6. The fraction of sp³-hybridized carbons (Fsp3) is 0.545. The van der Waals surface area contributed by atoms with Gasteiger partial charge in [0.05, 0.1) is 11.8 Å². The molecule has 1 aromatic heterocycles. The maximum atomic E-state index is 13.6. The Balaban J connectivity index is 2.37. The topological polar surface area (TPSA) is 33.1 Å². The highest BCUT2D eigenvalue weighted by Gasteiger charge is 2.42. The van der Waals surface area contributed by atoms with E-state index in [1.807, 2.05) is 6.92 Å². The third-order valence-corrected chi connectivity index (χ3v) is 2.92. The molecule has 2 rings (SSSR count). The highest BCUT2D eigenvalue weighted by atomic mass is 19.1. The molecule has 76 valence electrons. The smallest absolute Gasteiger partial charge is 0.145 e. The molecule has 1 unspecified atom stereocenters. The maximum Gasteiger partial charge on any atom is 0.145 e. The summed E-state index contributed by atoms with van der Waals surface area (Å²) in [5.74, 6) is -0.289. The number of aliphatic hydroxyl groups excluding tert-OH is 1. The van der Waals surface area contributed by atoms with Gasteiger partial charge >= 0.3 is 0 Å². The number of halogens is 1. The van der Waals surface area contributed by atoms with E-state index in [-0.39, 0.29) is 11.2 Å². The summed E-state index contributed by atoms with van der Waals surface area (Å²) in [6.07, 6.45) is 2.92. The molecule has 3 heteroatoms. The lowest BCUT2D eigenvalue weighted by Gasteiger charge is -2.11. The molecule has 1 aliphatic rings. The van der Waals surface area contributed by atoms with Crippen LogP contribution in [-0.4, -0.2) is 10.1 Å². The highest BCUT2D eigenvalue weighted by molar-refractivity contribution is 5.27. The minimum Gasteiger partial charge on any atom is -0.389 e. The van der Waals surface area contributed by atoms with Crippen molar-refractivity contribution in [2.24, 2.45) is 0 Å². The van der Waals surface area contributed by atoms with Crippen LogP contribution in [-0.2, 0) is 5.41 Å². The number of aromatic nitrogens is 1. The molecule has 1 aliphatic carbocycles. The van der Waals surface area contributed by atoms with Crippen LogP contribution in [0.15, 0.2) is 12.3 Å². The minimum absolute atomic E-state index is 0.0543. The predicted molar refractivity (Wildman–Crippen MR) is 51.4 cm³/mol. The monoisotopic (exact) mass is 195 g/mol. The van der Waals surface area contributed by atoms with Gasteiger partial charge in [0.1, 0.15) is 5.82 Å². The van der Waals surface area contributed by atoms with Crippen molar-refractivity contribution in [2.75, 3.05) is 0 Å². The van der Waals surface area contributed by atoms with Gasteiger partial charge in [-0.05, 0) is 25.8 Å². The van der Waals surface area contributed by atoms with Crippen LogP contribution >= 0.6 is 0 Å². The first-order chi connectivity index (χ1) is 6.53. The number of nitrogens with zero attached hydrogens (tertiary/aromatic N) is 1. The summed E-state index contributed by atoms with van der Waals surface area (Å²) in [5.41, 5.74) is 1.03. The molecule has 1 fully saturated rings. The van der Waals surface area contributed by atoms with Crippen molar-refractivity contribution in [1.82, 2.24) is 4.98 Å². The van der Waals surface area contributed by atoms with Crippen molar-refractivity contribution < 1.29 is 9.50 Å². The van der Waals surface area contributed by atoms with Crippen LogP contribution < -0.4 is 0 Å². The summed E-state index contributed by atoms with van der Waals surface area (Å²) in [6, 6.07) is 1.39. The fourth-order valence-electron chi connectivity index (χ4n) is 1.55. The third-order valence-electron chi connectivity index (χ3n) is 2.92. The molecule has 1 atom stereocenters. The molecular weight excluding hydrogens is 181 g/mol. The third kappa shape index (κ3) is 1.52. The quantitative estimate of drug-likeness (QED) is 0.785. The normalized spacial score (nSPS) is 20.6. The Labute approximate surface area is 82.8 Å². The minimum atomic E-state index is -0.655. The van der Waals surface area contributed by atoms with Crippen molar-refractivity contribution in [2.45, 2.75) is 38.2 Å². The molecule has 1 saturated carbocycles. The molecule has 1 aromatic rings. The lowest BCUT2D eigenvalue weighted by atomic mass is 10.0. The molecule has 0 spiro atoms. The van der Waals surface area contributed by atoms with Gasteiger partial charge in [-0.3, -0.25) is 4.98 Å². The zero-order chi connectivity index (χ0) is 10.3. The first kappa shape index (κ1) is 9.59. The van der Waals surface area contributed by atoms with E-state index in [9.17, 15) is 9.50 Å². The standard InChI is InChI=1S/C11H14FNO/c1-7(14)8-5-9(12)10(13-6-8)11(2)3-4-11/h5-7,14H,3-4H2,1-2H3.